The molecule has 4 N–H and O–H groups in total. The lowest BCUT2D eigenvalue weighted by atomic mass is 10.1. The first kappa shape index (κ1) is 14.9. The Morgan fingerprint density at radius 2 is 2.00 bits per heavy atom. The summed E-state index contributed by atoms with van der Waals surface area (Å²) in [6, 6.07) is 0. The van der Waals surface area contributed by atoms with Gasteiger partial charge in [0.2, 0.25) is 11.8 Å². The number of hydrogen-bond acceptors (Lipinski definition) is 4. The van der Waals surface area contributed by atoms with Crippen LogP contribution in [0, 0.1) is 0 Å². The van der Waals surface area contributed by atoms with Crippen LogP contribution >= 0.6 is 0 Å². The summed E-state index contributed by atoms with van der Waals surface area (Å²) in [5.41, 5.74) is 5.17. The van der Waals surface area contributed by atoms with Crippen molar-refractivity contribution in [1.29, 1.82) is 0 Å². The van der Waals surface area contributed by atoms with Gasteiger partial charge in [-0.3, -0.25) is 9.59 Å². The highest BCUT2D eigenvalue weighted by molar-refractivity contribution is 5.87. The van der Waals surface area contributed by atoms with E-state index >= 15 is 0 Å². The first-order valence-corrected chi connectivity index (χ1v) is 6.26. The highest BCUT2D eigenvalue weighted by Gasteiger charge is 2.29. The molecule has 104 valence electrons. The summed E-state index contributed by atoms with van der Waals surface area (Å²) >= 11 is 0. The number of hydrogen-bond donors (Lipinski definition) is 3. The number of ether oxygens (including phenoxy) is 1. The van der Waals surface area contributed by atoms with E-state index < -0.39 is 6.10 Å². The zero-order valence-electron chi connectivity index (χ0n) is 11.3. The predicted octanol–water partition coefficient (Wildman–Crippen LogP) is -0.476. The van der Waals surface area contributed by atoms with Crippen molar-refractivity contribution in [2.75, 3.05) is 13.1 Å². The normalized spacial score (nSPS) is 23.8. The van der Waals surface area contributed by atoms with E-state index in [1.54, 1.807) is 0 Å². The topological polar surface area (TPSA) is 93.5 Å². The van der Waals surface area contributed by atoms with Gasteiger partial charge >= 0.3 is 0 Å². The number of nitrogens with one attached hydrogen (secondary N) is 2. The molecule has 1 heterocycles. The Bertz CT molecular complexity index is 312. The van der Waals surface area contributed by atoms with Crippen LogP contribution in [0.5, 0.6) is 0 Å². The third-order valence-corrected chi connectivity index (χ3v) is 2.60. The third-order valence-electron chi connectivity index (χ3n) is 2.60. The standard InChI is InChI=1S/C12H23N3O3/c1-12(2,3)15-10(16)7-14-11(17)9-5-4-8(6-13)18-9/h8-9H,4-7,13H2,1-3H3,(H,14,17)(H,15,16). The molecular formula is C12H23N3O3. The number of rotatable bonds is 4. The van der Waals surface area contributed by atoms with Crippen molar-refractivity contribution in [2.24, 2.45) is 5.73 Å². The Balaban J connectivity index is 2.27. The molecule has 0 spiro atoms. The molecule has 18 heavy (non-hydrogen) atoms. The van der Waals surface area contributed by atoms with Gasteiger partial charge in [0.25, 0.3) is 0 Å². The molecule has 1 aliphatic rings. The van der Waals surface area contributed by atoms with Crippen LogP contribution in [-0.2, 0) is 14.3 Å². The molecule has 1 rings (SSSR count). The smallest absolute Gasteiger partial charge is 0.249 e. The molecule has 0 saturated carbocycles. The van der Waals surface area contributed by atoms with Crippen LogP contribution in [-0.4, -0.2) is 42.7 Å². The highest BCUT2D eigenvalue weighted by atomic mass is 16.5. The van der Waals surface area contributed by atoms with E-state index in [1.165, 1.54) is 0 Å². The minimum Gasteiger partial charge on any atom is -0.364 e. The van der Waals surface area contributed by atoms with Crippen molar-refractivity contribution in [3.63, 3.8) is 0 Å². The molecule has 0 bridgehead atoms. The highest BCUT2D eigenvalue weighted by Crippen LogP contribution is 2.18. The molecule has 1 saturated heterocycles. The largest absolute Gasteiger partial charge is 0.364 e. The molecule has 2 unspecified atom stereocenters. The monoisotopic (exact) mass is 257 g/mol. The Morgan fingerprint density at radius 1 is 1.33 bits per heavy atom. The summed E-state index contributed by atoms with van der Waals surface area (Å²) < 4.78 is 5.44. The average molecular weight is 257 g/mol. The van der Waals surface area contributed by atoms with Gasteiger partial charge in [0.05, 0.1) is 12.6 Å². The SMILES string of the molecule is CC(C)(C)NC(=O)CNC(=O)C1CCC(CN)O1. The molecule has 2 atom stereocenters. The molecule has 0 aliphatic carbocycles. The van der Waals surface area contributed by atoms with Crippen LogP contribution in [0.4, 0.5) is 0 Å². The maximum Gasteiger partial charge on any atom is 0.249 e. The van der Waals surface area contributed by atoms with Crippen molar-refractivity contribution in [3.8, 4) is 0 Å². The van der Waals surface area contributed by atoms with E-state index in [1.807, 2.05) is 20.8 Å². The summed E-state index contributed by atoms with van der Waals surface area (Å²) in [7, 11) is 0. The first-order chi connectivity index (χ1) is 8.31. The number of carbonyl (C=O) groups excluding carboxylic acids is 2. The van der Waals surface area contributed by atoms with Gasteiger partial charge in [-0.05, 0) is 33.6 Å². The molecule has 6 nitrogen and oxygen atoms in total. The first-order valence-electron chi connectivity index (χ1n) is 6.26. The second-order valence-electron chi connectivity index (χ2n) is 5.58. The molecular weight excluding hydrogens is 234 g/mol. The molecule has 0 aromatic carbocycles. The van der Waals surface area contributed by atoms with Gasteiger partial charge in [-0.2, -0.15) is 0 Å². The number of amides is 2. The Labute approximate surface area is 108 Å². The minimum absolute atomic E-state index is 0.0245. The Hall–Kier alpha value is -1.14. The van der Waals surface area contributed by atoms with Crippen molar-refractivity contribution in [1.82, 2.24) is 10.6 Å². The van der Waals surface area contributed by atoms with E-state index in [2.05, 4.69) is 10.6 Å². The van der Waals surface area contributed by atoms with Gasteiger partial charge < -0.3 is 21.1 Å². The van der Waals surface area contributed by atoms with Crippen LogP contribution in [0.1, 0.15) is 33.6 Å². The van der Waals surface area contributed by atoms with Gasteiger partial charge in [-0.1, -0.05) is 0 Å². The van der Waals surface area contributed by atoms with Crippen LogP contribution in [0.15, 0.2) is 0 Å². The van der Waals surface area contributed by atoms with Crippen LogP contribution in [0.25, 0.3) is 0 Å². The predicted molar refractivity (Wildman–Crippen MR) is 67.9 cm³/mol. The van der Waals surface area contributed by atoms with Gasteiger partial charge in [-0.25, -0.2) is 0 Å². The summed E-state index contributed by atoms with van der Waals surface area (Å²) in [6.07, 6.45) is 0.947. The molecule has 2 amide bonds. The quantitative estimate of drug-likeness (QED) is 0.634. The zero-order valence-corrected chi connectivity index (χ0v) is 11.3. The van der Waals surface area contributed by atoms with Crippen molar-refractivity contribution in [3.05, 3.63) is 0 Å². The molecule has 1 fully saturated rings. The van der Waals surface area contributed by atoms with E-state index in [0.717, 1.165) is 6.42 Å². The fourth-order valence-electron chi connectivity index (χ4n) is 1.82. The summed E-state index contributed by atoms with van der Waals surface area (Å²) in [5, 5.41) is 5.35. The second-order valence-corrected chi connectivity index (χ2v) is 5.58. The maximum absolute atomic E-state index is 11.7. The molecule has 6 heteroatoms. The van der Waals surface area contributed by atoms with Crippen LogP contribution in [0.3, 0.4) is 0 Å². The molecule has 0 radical (unpaired) electrons. The lowest BCUT2D eigenvalue weighted by Crippen LogP contribution is -2.47. The van der Waals surface area contributed by atoms with E-state index in [9.17, 15) is 9.59 Å². The summed E-state index contributed by atoms with van der Waals surface area (Å²) in [4.78, 5) is 23.2. The Kier molecular flexibility index (Phi) is 5.10. The fraction of sp³-hybridized carbons (Fsp3) is 0.833. The van der Waals surface area contributed by atoms with Crippen molar-refractivity contribution < 1.29 is 14.3 Å². The number of carbonyl (C=O) groups is 2. The maximum atomic E-state index is 11.7. The van der Waals surface area contributed by atoms with Crippen molar-refractivity contribution in [2.45, 2.75) is 51.4 Å². The lowest BCUT2D eigenvalue weighted by Gasteiger charge is -2.21. The van der Waals surface area contributed by atoms with E-state index in [0.29, 0.717) is 13.0 Å². The summed E-state index contributed by atoms with van der Waals surface area (Å²) in [5.74, 6) is -0.445. The Morgan fingerprint density at radius 3 is 2.50 bits per heavy atom. The van der Waals surface area contributed by atoms with Gasteiger partial charge in [-0.15, -0.1) is 0 Å². The van der Waals surface area contributed by atoms with Crippen LogP contribution < -0.4 is 16.4 Å². The van der Waals surface area contributed by atoms with Gasteiger partial charge in [0, 0.05) is 12.1 Å². The van der Waals surface area contributed by atoms with Gasteiger partial charge in [0.1, 0.15) is 6.10 Å². The molecule has 0 aromatic rings. The molecule has 1 aliphatic heterocycles. The van der Waals surface area contributed by atoms with E-state index in [4.69, 9.17) is 10.5 Å². The average Bonchev–Trinajstić information content (AvgIpc) is 2.72. The third kappa shape index (κ3) is 5.01. The van der Waals surface area contributed by atoms with Crippen LogP contribution in [0.2, 0.25) is 0 Å². The molecule has 0 aromatic heterocycles. The van der Waals surface area contributed by atoms with Crippen molar-refractivity contribution >= 4 is 11.8 Å². The summed E-state index contributed by atoms with van der Waals surface area (Å²) in [6.45, 7) is 6.06. The fourth-order valence-corrected chi connectivity index (χ4v) is 1.82. The van der Waals surface area contributed by atoms with E-state index in [-0.39, 0.29) is 30.0 Å². The van der Waals surface area contributed by atoms with Gasteiger partial charge in [0.15, 0.2) is 0 Å². The number of nitrogens with two attached hydrogens (primary N) is 1. The zero-order chi connectivity index (χ0) is 13.8. The lowest BCUT2D eigenvalue weighted by molar-refractivity contribution is -0.134. The minimum atomic E-state index is -0.471. The second kappa shape index (κ2) is 6.15.